The van der Waals surface area contributed by atoms with Crippen LogP contribution in [0.4, 0.5) is 14.5 Å². The van der Waals surface area contributed by atoms with E-state index in [1.165, 1.54) is 24.3 Å². The van der Waals surface area contributed by atoms with Crippen LogP contribution in [0.2, 0.25) is 5.02 Å². The van der Waals surface area contributed by atoms with Gasteiger partial charge in [-0.05, 0) is 36.2 Å². The van der Waals surface area contributed by atoms with Crippen molar-refractivity contribution in [3.8, 4) is 17.1 Å². The molecule has 0 radical (unpaired) electrons. The van der Waals surface area contributed by atoms with Crippen LogP contribution in [-0.4, -0.2) is 33.7 Å². The molecular weight excluding hydrogens is 512 g/mol. The third kappa shape index (κ3) is 6.70. The summed E-state index contributed by atoms with van der Waals surface area (Å²) in [7, 11) is 0. The maximum absolute atomic E-state index is 13.9. The van der Waals surface area contributed by atoms with Gasteiger partial charge in [0, 0.05) is 40.7 Å². The molecule has 4 rings (SSSR count). The summed E-state index contributed by atoms with van der Waals surface area (Å²) in [5.41, 5.74) is 3.15. The Bertz CT molecular complexity index is 1380. The van der Waals surface area contributed by atoms with Crippen molar-refractivity contribution in [2.24, 2.45) is 0 Å². The first-order chi connectivity index (χ1) is 18.2. The van der Waals surface area contributed by atoms with Gasteiger partial charge in [0.1, 0.15) is 11.8 Å². The number of hydrogen-bond acceptors (Lipinski definition) is 5. The van der Waals surface area contributed by atoms with E-state index in [1.807, 2.05) is 24.3 Å². The topological polar surface area (TPSA) is 84.3 Å². The highest BCUT2D eigenvalue weighted by Crippen LogP contribution is 2.32. The van der Waals surface area contributed by atoms with Crippen molar-refractivity contribution in [3.63, 3.8) is 0 Å². The van der Waals surface area contributed by atoms with E-state index in [0.717, 1.165) is 18.1 Å². The number of anilines is 1. The third-order valence-corrected chi connectivity index (χ3v) is 6.27. The molecule has 0 saturated heterocycles. The fourth-order valence-electron chi connectivity index (χ4n) is 3.78. The number of carbonyl (C=O) groups excluding carboxylic acids is 1. The van der Waals surface area contributed by atoms with Crippen LogP contribution in [0.1, 0.15) is 23.6 Å². The molecule has 1 atom stereocenters. The van der Waals surface area contributed by atoms with Gasteiger partial charge in [0.25, 0.3) is 5.92 Å². The van der Waals surface area contributed by atoms with Crippen molar-refractivity contribution < 1.29 is 23.4 Å². The molecule has 2 N–H and O–H groups in total. The van der Waals surface area contributed by atoms with E-state index < -0.39 is 12.0 Å². The number of aliphatic hydroxyl groups excluding tert-OH is 1. The molecule has 0 bridgehead atoms. The second kappa shape index (κ2) is 12.1. The zero-order valence-corrected chi connectivity index (χ0v) is 21.3. The quantitative estimate of drug-likeness (QED) is 0.256. The number of carbonyl (C=O) groups is 1. The predicted molar refractivity (Wildman–Crippen MR) is 142 cm³/mol. The summed E-state index contributed by atoms with van der Waals surface area (Å²) in [5, 5.41) is 12.8. The standard InChI is InChI=1S/C29H26ClF2N3O3/c1-19(36)29(31,32)23-10-6-20(7-11-23)18-26(37)35-24-12-8-22(9-13-24)27-28(34-16-15-33-27)38-17-14-21-4-2-3-5-25(21)30/h2-13,15-16,19,36H,14,17-18H2,1H3,(H,35,37)/t19-/m0/s1. The molecule has 9 heteroatoms. The summed E-state index contributed by atoms with van der Waals surface area (Å²) in [5.74, 6) is -3.26. The molecule has 1 heterocycles. The summed E-state index contributed by atoms with van der Waals surface area (Å²) in [4.78, 5) is 21.2. The van der Waals surface area contributed by atoms with Crippen LogP contribution < -0.4 is 10.1 Å². The molecule has 0 saturated carbocycles. The second-order valence-electron chi connectivity index (χ2n) is 8.70. The monoisotopic (exact) mass is 537 g/mol. The molecule has 0 aliphatic rings. The first-order valence-corrected chi connectivity index (χ1v) is 12.3. The number of nitrogens with one attached hydrogen (secondary N) is 1. The summed E-state index contributed by atoms with van der Waals surface area (Å²) in [6, 6.07) is 20.0. The molecule has 0 aliphatic heterocycles. The molecule has 38 heavy (non-hydrogen) atoms. The van der Waals surface area contributed by atoms with Gasteiger partial charge in [-0.2, -0.15) is 8.78 Å². The molecule has 6 nitrogen and oxygen atoms in total. The van der Waals surface area contributed by atoms with Crippen LogP contribution in [-0.2, 0) is 23.6 Å². The van der Waals surface area contributed by atoms with Crippen LogP contribution in [0.3, 0.4) is 0 Å². The van der Waals surface area contributed by atoms with E-state index >= 15 is 0 Å². The summed E-state index contributed by atoms with van der Waals surface area (Å²) in [6.07, 6.45) is 1.95. The molecule has 4 aromatic rings. The summed E-state index contributed by atoms with van der Waals surface area (Å²) >= 11 is 6.21. The van der Waals surface area contributed by atoms with Crippen LogP contribution in [0, 0.1) is 0 Å². The molecule has 0 aliphatic carbocycles. The highest BCUT2D eigenvalue weighted by atomic mass is 35.5. The smallest absolute Gasteiger partial charge is 0.298 e. The predicted octanol–water partition coefficient (Wildman–Crippen LogP) is 6.07. The van der Waals surface area contributed by atoms with Gasteiger partial charge in [0.05, 0.1) is 13.0 Å². The number of amides is 1. The SMILES string of the molecule is C[C@H](O)C(F)(F)c1ccc(CC(=O)Nc2ccc(-c3nccnc3OCCc3ccccc3Cl)cc2)cc1. The lowest BCUT2D eigenvalue weighted by Crippen LogP contribution is -2.27. The van der Waals surface area contributed by atoms with Crippen LogP contribution >= 0.6 is 11.6 Å². The van der Waals surface area contributed by atoms with Crippen molar-refractivity contribution in [1.82, 2.24) is 9.97 Å². The Hall–Kier alpha value is -3.88. The van der Waals surface area contributed by atoms with Gasteiger partial charge in [0.15, 0.2) is 0 Å². The number of hydrogen-bond donors (Lipinski definition) is 2. The minimum Gasteiger partial charge on any atom is -0.476 e. The maximum atomic E-state index is 13.9. The molecule has 0 spiro atoms. The van der Waals surface area contributed by atoms with E-state index in [2.05, 4.69) is 15.3 Å². The van der Waals surface area contributed by atoms with Gasteiger partial charge in [-0.3, -0.25) is 4.79 Å². The Balaban J connectivity index is 1.36. The number of rotatable bonds is 10. The Labute approximate surface area is 224 Å². The van der Waals surface area contributed by atoms with E-state index in [-0.39, 0.29) is 17.9 Å². The first-order valence-electron chi connectivity index (χ1n) is 12.0. The van der Waals surface area contributed by atoms with Crippen molar-refractivity contribution in [2.75, 3.05) is 11.9 Å². The normalized spacial score (nSPS) is 12.1. The average molecular weight is 538 g/mol. The second-order valence-corrected chi connectivity index (χ2v) is 9.11. The van der Waals surface area contributed by atoms with E-state index in [1.54, 1.807) is 36.7 Å². The number of halogens is 3. The summed E-state index contributed by atoms with van der Waals surface area (Å²) < 4.78 is 33.8. The lowest BCUT2D eigenvalue weighted by Gasteiger charge is -2.19. The molecular formula is C29H26ClF2N3O3. The van der Waals surface area contributed by atoms with Crippen molar-refractivity contribution >= 4 is 23.2 Å². The van der Waals surface area contributed by atoms with Gasteiger partial charge in [-0.1, -0.05) is 66.2 Å². The molecule has 0 fully saturated rings. The lowest BCUT2D eigenvalue weighted by atomic mass is 10.0. The number of ether oxygens (including phenoxy) is 1. The zero-order valence-electron chi connectivity index (χ0n) is 20.6. The fraction of sp³-hybridized carbons (Fsp3) is 0.207. The van der Waals surface area contributed by atoms with E-state index in [9.17, 15) is 18.7 Å². The minimum absolute atomic E-state index is 0.00978. The van der Waals surface area contributed by atoms with Crippen LogP contribution in [0.25, 0.3) is 11.3 Å². The van der Waals surface area contributed by atoms with Gasteiger partial charge in [0.2, 0.25) is 11.8 Å². The highest BCUT2D eigenvalue weighted by molar-refractivity contribution is 6.31. The Morgan fingerprint density at radius 3 is 2.39 bits per heavy atom. The number of aliphatic hydroxyl groups is 1. The average Bonchev–Trinajstić information content (AvgIpc) is 2.91. The molecule has 0 unspecified atom stereocenters. The zero-order chi connectivity index (χ0) is 27.1. The van der Waals surface area contributed by atoms with Gasteiger partial charge < -0.3 is 15.2 Å². The van der Waals surface area contributed by atoms with Crippen LogP contribution in [0.5, 0.6) is 5.88 Å². The van der Waals surface area contributed by atoms with Crippen LogP contribution in [0.15, 0.2) is 85.2 Å². The Morgan fingerprint density at radius 1 is 1.03 bits per heavy atom. The van der Waals surface area contributed by atoms with E-state index in [4.69, 9.17) is 16.3 Å². The van der Waals surface area contributed by atoms with Gasteiger partial charge >= 0.3 is 0 Å². The third-order valence-electron chi connectivity index (χ3n) is 5.90. The highest BCUT2D eigenvalue weighted by Gasteiger charge is 2.37. The summed E-state index contributed by atoms with van der Waals surface area (Å²) in [6.45, 7) is 1.41. The molecule has 196 valence electrons. The Morgan fingerprint density at radius 2 is 1.71 bits per heavy atom. The van der Waals surface area contributed by atoms with Crippen molar-refractivity contribution in [3.05, 3.63) is 107 Å². The minimum atomic E-state index is -3.35. The van der Waals surface area contributed by atoms with Crippen molar-refractivity contribution in [1.29, 1.82) is 0 Å². The number of benzene rings is 3. The molecule has 3 aromatic carbocycles. The number of aromatic nitrogens is 2. The molecule has 1 aromatic heterocycles. The number of nitrogens with zero attached hydrogens (tertiary/aromatic N) is 2. The lowest BCUT2D eigenvalue weighted by molar-refractivity contribution is -0.115. The Kier molecular flexibility index (Phi) is 8.66. The maximum Gasteiger partial charge on any atom is 0.298 e. The van der Waals surface area contributed by atoms with E-state index in [0.29, 0.717) is 40.9 Å². The number of alkyl halides is 2. The van der Waals surface area contributed by atoms with Crippen molar-refractivity contribution in [2.45, 2.75) is 31.8 Å². The molecule has 1 amide bonds. The van der Waals surface area contributed by atoms with Gasteiger partial charge in [-0.15, -0.1) is 0 Å². The largest absolute Gasteiger partial charge is 0.476 e. The first kappa shape index (κ1) is 27.2. The van der Waals surface area contributed by atoms with Gasteiger partial charge in [-0.25, -0.2) is 9.97 Å². The fourth-order valence-corrected chi connectivity index (χ4v) is 4.01.